The van der Waals surface area contributed by atoms with Gasteiger partial charge >= 0.3 is 0 Å². The van der Waals surface area contributed by atoms with Crippen LogP contribution in [0.1, 0.15) is 46.1 Å². The Labute approximate surface area is 168 Å². The van der Waals surface area contributed by atoms with Crippen LogP contribution in [0.5, 0.6) is 17.4 Å². The summed E-state index contributed by atoms with van der Waals surface area (Å²) < 4.78 is 41.0. The molecule has 0 saturated heterocycles. The minimum Gasteiger partial charge on any atom is -0.471 e. The van der Waals surface area contributed by atoms with Gasteiger partial charge in [0.2, 0.25) is 5.75 Å². The van der Waals surface area contributed by atoms with Gasteiger partial charge in [0.15, 0.2) is 17.4 Å². The second-order valence-electron chi connectivity index (χ2n) is 7.97. The lowest BCUT2D eigenvalue weighted by Crippen LogP contribution is -2.16. The lowest BCUT2D eigenvalue weighted by molar-refractivity contribution is 0.222. The van der Waals surface area contributed by atoms with Crippen LogP contribution in [0.4, 0.5) is 8.78 Å². The maximum Gasteiger partial charge on any atom is 0.277 e. The molecule has 0 radical (unpaired) electrons. The average molecular weight is 402 g/mol. The van der Waals surface area contributed by atoms with E-state index in [4.69, 9.17) is 9.47 Å². The van der Waals surface area contributed by atoms with Crippen molar-refractivity contribution in [1.82, 2.24) is 19.7 Å². The highest BCUT2D eigenvalue weighted by molar-refractivity contribution is 5.46. The molecule has 6 nitrogen and oxygen atoms in total. The molecule has 2 aromatic heterocycles. The first-order chi connectivity index (χ1) is 13.6. The number of aromatic nitrogens is 4. The van der Waals surface area contributed by atoms with Gasteiger partial charge < -0.3 is 9.47 Å². The fourth-order valence-corrected chi connectivity index (χ4v) is 2.63. The molecule has 1 aromatic carbocycles. The van der Waals surface area contributed by atoms with Gasteiger partial charge in [-0.25, -0.2) is 23.4 Å². The number of para-hydroxylation sites is 1. The van der Waals surface area contributed by atoms with Gasteiger partial charge in [0.1, 0.15) is 11.5 Å². The smallest absolute Gasteiger partial charge is 0.277 e. The summed E-state index contributed by atoms with van der Waals surface area (Å²) in [4.78, 5) is 8.81. The highest BCUT2D eigenvalue weighted by atomic mass is 19.1. The predicted molar refractivity (Wildman–Crippen MR) is 105 cm³/mol. The van der Waals surface area contributed by atoms with Gasteiger partial charge in [-0.05, 0) is 32.9 Å². The molecule has 0 bridgehead atoms. The third-order valence-electron chi connectivity index (χ3n) is 4.06. The largest absolute Gasteiger partial charge is 0.471 e. The zero-order valence-corrected chi connectivity index (χ0v) is 17.3. The van der Waals surface area contributed by atoms with Crippen LogP contribution in [0.3, 0.4) is 0 Å². The van der Waals surface area contributed by atoms with Gasteiger partial charge in [0.25, 0.3) is 5.88 Å². The average Bonchev–Trinajstić information content (AvgIpc) is 2.93. The Morgan fingerprint density at radius 2 is 1.59 bits per heavy atom. The van der Waals surface area contributed by atoms with Crippen molar-refractivity contribution in [1.29, 1.82) is 0 Å². The molecule has 0 aliphatic carbocycles. The molecule has 0 fully saturated rings. The molecule has 0 spiro atoms. The Bertz CT molecular complexity index is 989. The minimum absolute atomic E-state index is 0.125. The lowest BCUT2D eigenvalue weighted by atomic mass is 9.96. The highest BCUT2D eigenvalue weighted by Crippen LogP contribution is 2.38. The fraction of sp³-hybridized carbons (Fsp3) is 0.381. The molecule has 0 N–H and O–H groups in total. The molecule has 154 valence electrons. The van der Waals surface area contributed by atoms with E-state index in [9.17, 15) is 8.78 Å². The van der Waals surface area contributed by atoms with Gasteiger partial charge in [-0.15, -0.1) is 5.10 Å². The van der Waals surface area contributed by atoms with E-state index in [2.05, 4.69) is 15.1 Å². The van der Waals surface area contributed by atoms with Crippen LogP contribution in [-0.4, -0.2) is 25.9 Å². The summed E-state index contributed by atoms with van der Waals surface area (Å²) in [5.74, 6) is -1.20. The molecule has 0 saturated carbocycles. The van der Waals surface area contributed by atoms with E-state index in [-0.39, 0.29) is 23.1 Å². The zero-order valence-electron chi connectivity index (χ0n) is 17.3. The number of halogens is 2. The van der Waals surface area contributed by atoms with E-state index in [1.165, 1.54) is 10.7 Å². The number of benzene rings is 1. The highest BCUT2D eigenvalue weighted by Gasteiger charge is 2.24. The Morgan fingerprint density at radius 1 is 1.00 bits per heavy atom. The zero-order chi connectivity index (χ0) is 21.3. The number of hydrogen-bond acceptors (Lipinski definition) is 5. The SMILES string of the molecule is Cc1c(Oc2c(F)cccc2F)c(OC(C)C)nn1-c1cnc(C(C)(C)C)nc1. The normalized spacial score (nSPS) is 11.8. The van der Waals surface area contributed by atoms with Crippen LogP contribution in [0.25, 0.3) is 5.69 Å². The summed E-state index contributed by atoms with van der Waals surface area (Å²) in [6.45, 7) is 11.4. The van der Waals surface area contributed by atoms with Gasteiger partial charge in [0, 0.05) is 5.41 Å². The molecule has 2 heterocycles. The third-order valence-corrected chi connectivity index (χ3v) is 4.06. The number of hydrogen-bond donors (Lipinski definition) is 0. The summed E-state index contributed by atoms with van der Waals surface area (Å²) in [6.07, 6.45) is 3.06. The lowest BCUT2D eigenvalue weighted by Gasteiger charge is -2.16. The van der Waals surface area contributed by atoms with Crippen LogP contribution in [0.15, 0.2) is 30.6 Å². The van der Waals surface area contributed by atoms with Crippen molar-refractivity contribution in [3.63, 3.8) is 0 Å². The van der Waals surface area contributed by atoms with Gasteiger partial charge in [-0.3, -0.25) is 0 Å². The van der Waals surface area contributed by atoms with Crippen molar-refractivity contribution in [2.45, 2.75) is 53.1 Å². The summed E-state index contributed by atoms with van der Waals surface area (Å²) in [7, 11) is 0. The first kappa shape index (κ1) is 20.7. The Hall–Kier alpha value is -3.03. The van der Waals surface area contributed by atoms with Crippen LogP contribution in [0, 0.1) is 18.6 Å². The molecule has 0 unspecified atom stereocenters. The monoisotopic (exact) mass is 402 g/mol. The number of nitrogens with zero attached hydrogens (tertiary/aromatic N) is 4. The van der Waals surface area contributed by atoms with E-state index >= 15 is 0 Å². The van der Waals surface area contributed by atoms with Crippen LogP contribution >= 0.6 is 0 Å². The van der Waals surface area contributed by atoms with E-state index in [1.807, 2.05) is 34.6 Å². The van der Waals surface area contributed by atoms with Crippen LogP contribution in [0.2, 0.25) is 0 Å². The van der Waals surface area contributed by atoms with Gasteiger partial charge in [0.05, 0.1) is 24.2 Å². The summed E-state index contributed by atoms with van der Waals surface area (Å²) in [5.41, 5.74) is 0.878. The van der Waals surface area contributed by atoms with E-state index in [0.29, 0.717) is 17.2 Å². The first-order valence-electron chi connectivity index (χ1n) is 9.29. The van der Waals surface area contributed by atoms with Crippen molar-refractivity contribution in [2.24, 2.45) is 0 Å². The third kappa shape index (κ3) is 4.36. The quantitative estimate of drug-likeness (QED) is 0.592. The van der Waals surface area contributed by atoms with Crippen molar-refractivity contribution in [3.05, 3.63) is 53.7 Å². The summed E-state index contributed by atoms with van der Waals surface area (Å²) in [6, 6.07) is 3.52. The summed E-state index contributed by atoms with van der Waals surface area (Å²) in [5, 5.41) is 4.41. The van der Waals surface area contributed by atoms with Crippen molar-refractivity contribution < 1.29 is 18.3 Å². The van der Waals surface area contributed by atoms with E-state index < -0.39 is 17.4 Å². The maximum atomic E-state index is 14.1. The standard InChI is InChI=1S/C21H24F2N4O2/c1-12(2)28-19-17(29-18-15(22)8-7-9-16(18)23)13(3)27(26-19)14-10-24-20(25-11-14)21(4,5)6/h7-12H,1-6H3. The van der Waals surface area contributed by atoms with Gasteiger partial charge in [-0.2, -0.15) is 0 Å². The van der Waals surface area contributed by atoms with Crippen LogP contribution in [-0.2, 0) is 5.41 Å². The predicted octanol–water partition coefficient (Wildman–Crippen LogP) is 5.13. The molecule has 0 aliphatic rings. The second kappa shape index (κ2) is 7.77. The van der Waals surface area contributed by atoms with Crippen molar-refractivity contribution in [3.8, 4) is 23.1 Å². The van der Waals surface area contributed by atoms with Gasteiger partial charge in [-0.1, -0.05) is 26.8 Å². The summed E-state index contributed by atoms with van der Waals surface area (Å²) >= 11 is 0. The molecule has 0 amide bonds. The molecule has 3 rings (SSSR count). The Morgan fingerprint density at radius 3 is 2.10 bits per heavy atom. The minimum atomic E-state index is -0.814. The number of rotatable bonds is 5. The molecule has 3 aromatic rings. The Kier molecular flexibility index (Phi) is 5.55. The molecule has 8 heteroatoms. The van der Waals surface area contributed by atoms with Crippen molar-refractivity contribution >= 4 is 0 Å². The molecular weight excluding hydrogens is 378 g/mol. The van der Waals surface area contributed by atoms with Crippen molar-refractivity contribution in [2.75, 3.05) is 0 Å². The topological polar surface area (TPSA) is 62.1 Å². The molecule has 29 heavy (non-hydrogen) atoms. The maximum absolute atomic E-state index is 14.1. The fourth-order valence-electron chi connectivity index (χ4n) is 2.63. The Balaban J connectivity index is 2.06. The van der Waals surface area contributed by atoms with E-state index in [1.54, 1.807) is 19.3 Å². The number of ether oxygens (including phenoxy) is 2. The molecule has 0 aliphatic heterocycles. The molecular formula is C21H24F2N4O2. The second-order valence-corrected chi connectivity index (χ2v) is 7.97. The molecule has 0 atom stereocenters. The first-order valence-corrected chi connectivity index (χ1v) is 9.29. The van der Waals surface area contributed by atoms with Crippen LogP contribution < -0.4 is 9.47 Å². The van der Waals surface area contributed by atoms with E-state index in [0.717, 1.165) is 12.1 Å².